The summed E-state index contributed by atoms with van der Waals surface area (Å²) in [6.07, 6.45) is 1.72. The standard InChI is InChI=1S/C14H22N2O5S/c1-20-10-6-9-15-14(17)11-16(22(3,18)19)12-7-4-5-8-13(12)21-2/h4-5,7-8H,6,9-11H2,1-3H3,(H,15,17). The van der Waals surface area contributed by atoms with Crippen LogP contribution in [0.15, 0.2) is 24.3 Å². The molecule has 0 aliphatic carbocycles. The smallest absolute Gasteiger partial charge is 0.240 e. The van der Waals surface area contributed by atoms with E-state index in [0.717, 1.165) is 10.6 Å². The van der Waals surface area contributed by atoms with E-state index in [-0.39, 0.29) is 12.5 Å². The van der Waals surface area contributed by atoms with Crippen molar-refractivity contribution in [2.45, 2.75) is 6.42 Å². The zero-order chi connectivity index (χ0) is 16.6. The molecule has 0 heterocycles. The molecule has 0 fully saturated rings. The van der Waals surface area contributed by atoms with Crippen molar-refractivity contribution >= 4 is 21.6 Å². The van der Waals surface area contributed by atoms with Gasteiger partial charge in [0.15, 0.2) is 0 Å². The van der Waals surface area contributed by atoms with Crippen LogP contribution in [0.5, 0.6) is 5.75 Å². The summed E-state index contributed by atoms with van der Waals surface area (Å²) in [4.78, 5) is 11.9. The molecule has 7 nitrogen and oxygen atoms in total. The van der Waals surface area contributed by atoms with E-state index in [1.165, 1.54) is 7.11 Å². The molecule has 1 N–H and O–H groups in total. The van der Waals surface area contributed by atoms with Gasteiger partial charge in [0.05, 0.1) is 19.1 Å². The Labute approximate surface area is 131 Å². The Morgan fingerprint density at radius 3 is 2.55 bits per heavy atom. The van der Waals surface area contributed by atoms with Gasteiger partial charge in [-0.1, -0.05) is 12.1 Å². The quantitative estimate of drug-likeness (QED) is 0.671. The average Bonchev–Trinajstić information content (AvgIpc) is 2.48. The first kappa shape index (κ1) is 18.2. The fourth-order valence-corrected chi connectivity index (χ4v) is 2.71. The van der Waals surface area contributed by atoms with E-state index >= 15 is 0 Å². The van der Waals surface area contributed by atoms with Gasteiger partial charge in [0, 0.05) is 20.3 Å². The molecule has 0 atom stereocenters. The average molecular weight is 330 g/mol. The first-order chi connectivity index (χ1) is 10.4. The Morgan fingerprint density at radius 2 is 1.95 bits per heavy atom. The number of nitrogens with zero attached hydrogens (tertiary/aromatic N) is 1. The van der Waals surface area contributed by atoms with Crippen molar-refractivity contribution in [3.63, 3.8) is 0 Å². The fourth-order valence-electron chi connectivity index (χ4n) is 1.85. The molecule has 0 spiro atoms. The van der Waals surface area contributed by atoms with Gasteiger partial charge in [-0.3, -0.25) is 9.10 Å². The molecule has 1 aromatic carbocycles. The lowest BCUT2D eigenvalue weighted by Crippen LogP contribution is -2.40. The number of carbonyl (C=O) groups excluding carboxylic acids is 1. The van der Waals surface area contributed by atoms with Crippen LogP contribution < -0.4 is 14.4 Å². The van der Waals surface area contributed by atoms with Crippen LogP contribution in [0.25, 0.3) is 0 Å². The Balaban J connectivity index is 2.85. The maximum absolute atomic E-state index is 12.0. The summed E-state index contributed by atoms with van der Waals surface area (Å²) in [6, 6.07) is 6.65. The van der Waals surface area contributed by atoms with Crippen molar-refractivity contribution in [3.05, 3.63) is 24.3 Å². The number of nitrogens with one attached hydrogen (secondary N) is 1. The van der Waals surface area contributed by atoms with E-state index in [0.29, 0.717) is 31.0 Å². The molecule has 1 amide bonds. The normalized spacial score (nSPS) is 11.0. The Bertz CT molecular complexity index is 589. The van der Waals surface area contributed by atoms with Crippen molar-refractivity contribution in [1.82, 2.24) is 5.32 Å². The van der Waals surface area contributed by atoms with Gasteiger partial charge in [0.25, 0.3) is 0 Å². The highest BCUT2D eigenvalue weighted by Gasteiger charge is 2.23. The molecule has 0 radical (unpaired) electrons. The van der Waals surface area contributed by atoms with E-state index in [9.17, 15) is 13.2 Å². The zero-order valence-electron chi connectivity index (χ0n) is 13.0. The molecule has 1 rings (SSSR count). The molecule has 0 unspecified atom stereocenters. The fraction of sp³-hybridized carbons (Fsp3) is 0.500. The molecular formula is C14H22N2O5S. The van der Waals surface area contributed by atoms with E-state index in [1.54, 1.807) is 31.4 Å². The van der Waals surface area contributed by atoms with Gasteiger partial charge < -0.3 is 14.8 Å². The van der Waals surface area contributed by atoms with Gasteiger partial charge in [-0.2, -0.15) is 0 Å². The first-order valence-corrected chi connectivity index (χ1v) is 8.61. The van der Waals surface area contributed by atoms with Gasteiger partial charge >= 0.3 is 0 Å². The second-order valence-corrected chi connectivity index (χ2v) is 6.54. The van der Waals surface area contributed by atoms with Crippen molar-refractivity contribution in [2.75, 3.05) is 44.5 Å². The lowest BCUT2D eigenvalue weighted by molar-refractivity contribution is -0.119. The summed E-state index contributed by atoms with van der Waals surface area (Å²) < 4.78 is 35.0. The van der Waals surface area contributed by atoms with Crippen molar-refractivity contribution in [1.29, 1.82) is 0 Å². The highest BCUT2D eigenvalue weighted by molar-refractivity contribution is 7.92. The molecular weight excluding hydrogens is 308 g/mol. The SMILES string of the molecule is COCCCNC(=O)CN(c1ccccc1OC)S(C)(=O)=O. The number of rotatable bonds is 9. The molecule has 22 heavy (non-hydrogen) atoms. The van der Waals surface area contributed by atoms with Crippen LogP contribution in [0, 0.1) is 0 Å². The number of carbonyl (C=O) groups is 1. The number of benzene rings is 1. The Kier molecular flexibility index (Phi) is 7.13. The summed E-state index contributed by atoms with van der Waals surface area (Å²) in [7, 11) is -0.586. The third kappa shape index (κ3) is 5.53. The lowest BCUT2D eigenvalue weighted by Gasteiger charge is -2.23. The lowest BCUT2D eigenvalue weighted by atomic mass is 10.3. The molecule has 8 heteroatoms. The maximum atomic E-state index is 12.0. The minimum absolute atomic E-state index is 0.299. The van der Waals surface area contributed by atoms with Crippen LogP contribution in [-0.2, 0) is 19.6 Å². The topological polar surface area (TPSA) is 84.9 Å². The molecule has 0 saturated carbocycles. The van der Waals surface area contributed by atoms with Gasteiger partial charge in [-0.05, 0) is 18.6 Å². The van der Waals surface area contributed by atoms with Crippen LogP contribution in [0.1, 0.15) is 6.42 Å². The number of sulfonamides is 1. The zero-order valence-corrected chi connectivity index (χ0v) is 13.9. The van der Waals surface area contributed by atoms with Gasteiger partial charge in [-0.25, -0.2) is 8.42 Å². The minimum Gasteiger partial charge on any atom is -0.495 e. The van der Waals surface area contributed by atoms with Crippen molar-refractivity contribution in [2.24, 2.45) is 0 Å². The number of methoxy groups -OCH3 is 2. The largest absolute Gasteiger partial charge is 0.495 e. The summed E-state index contributed by atoms with van der Waals surface area (Å²) >= 11 is 0. The summed E-state index contributed by atoms with van der Waals surface area (Å²) in [5.41, 5.74) is 0.333. The highest BCUT2D eigenvalue weighted by atomic mass is 32.2. The van der Waals surface area contributed by atoms with Gasteiger partial charge in [-0.15, -0.1) is 0 Å². The van der Waals surface area contributed by atoms with Gasteiger partial charge in [0.2, 0.25) is 15.9 Å². The molecule has 0 saturated heterocycles. The number of para-hydroxylation sites is 2. The molecule has 0 aliphatic heterocycles. The Hall–Kier alpha value is -1.80. The van der Waals surface area contributed by atoms with Crippen LogP contribution >= 0.6 is 0 Å². The van der Waals surface area contributed by atoms with E-state index in [4.69, 9.17) is 9.47 Å². The molecule has 0 bridgehead atoms. The van der Waals surface area contributed by atoms with Crippen LogP contribution in [0.2, 0.25) is 0 Å². The predicted octanol–water partition coefficient (Wildman–Crippen LogP) is 0.614. The summed E-state index contributed by atoms with van der Waals surface area (Å²) in [5.74, 6) is 0.00698. The molecule has 124 valence electrons. The number of anilines is 1. The van der Waals surface area contributed by atoms with E-state index in [2.05, 4.69) is 5.32 Å². The van der Waals surface area contributed by atoms with E-state index in [1.807, 2.05) is 0 Å². The maximum Gasteiger partial charge on any atom is 0.240 e. The van der Waals surface area contributed by atoms with E-state index < -0.39 is 10.0 Å². The van der Waals surface area contributed by atoms with Crippen LogP contribution in [0.4, 0.5) is 5.69 Å². The number of hydrogen-bond donors (Lipinski definition) is 1. The molecule has 0 aliphatic rings. The second kappa shape index (κ2) is 8.60. The van der Waals surface area contributed by atoms with Gasteiger partial charge in [0.1, 0.15) is 12.3 Å². The third-order valence-electron chi connectivity index (χ3n) is 2.89. The second-order valence-electron chi connectivity index (χ2n) is 4.64. The Morgan fingerprint density at radius 1 is 1.27 bits per heavy atom. The monoisotopic (exact) mass is 330 g/mol. The highest BCUT2D eigenvalue weighted by Crippen LogP contribution is 2.29. The van der Waals surface area contributed by atoms with Crippen LogP contribution in [0.3, 0.4) is 0 Å². The third-order valence-corrected chi connectivity index (χ3v) is 4.02. The molecule has 1 aromatic rings. The van der Waals surface area contributed by atoms with Crippen LogP contribution in [-0.4, -0.2) is 54.5 Å². The van der Waals surface area contributed by atoms with Crippen molar-refractivity contribution < 1.29 is 22.7 Å². The molecule has 0 aromatic heterocycles. The first-order valence-electron chi connectivity index (χ1n) is 6.76. The van der Waals surface area contributed by atoms with Crippen molar-refractivity contribution in [3.8, 4) is 5.75 Å². The number of ether oxygens (including phenoxy) is 2. The predicted molar refractivity (Wildman–Crippen MR) is 84.7 cm³/mol. The summed E-state index contributed by atoms with van der Waals surface area (Å²) in [6.45, 7) is 0.658. The number of hydrogen-bond acceptors (Lipinski definition) is 5. The minimum atomic E-state index is -3.61. The number of amides is 1. The summed E-state index contributed by atoms with van der Waals surface area (Å²) in [5, 5.41) is 2.66.